The highest BCUT2D eigenvalue weighted by Crippen LogP contribution is 2.36. The van der Waals surface area contributed by atoms with Crippen molar-refractivity contribution in [1.82, 2.24) is 10.2 Å². The van der Waals surface area contributed by atoms with Crippen molar-refractivity contribution in [2.24, 2.45) is 11.3 Å². The third-order valence-electron chi connectivity index (χ3n) is 6.85. The molecule has 0 radical (unpaired) electrons. The van der Waals surface area contributed by atoms with Crippen LogP contribution in [0.3, 0.4) is 0 Å². The van der Waals surface area contributed by atoms with E-state index >= 15 is 0 Å². The molecule has 2 heterocycles. The number of nitrogens with one attached hydrogen (secondary N) is 1. The van der Waals surface area contributed by atoms with E-state index in [0.717, 1.165) is 49.2 Å². The Bertz CT molecular complexity index is 877. The van der Waals surface area contributed by atoms with E-state index in [1.54, 1.807) is 12.1 Å². The number of carbonyl (C=O) groups is 1. The van der Waals surface area contributed by atoms with Crippen molar-refractivity contribution in [2.45, 2.75) is 32.1 Å². The summed E-state index contributed by atoms with van der Waals surface area (Å²) in [5, 5.41) is 3.29. The molecule has 2 aliphatic heterocycles. The van der Waals surface area contributed by atoms with Gasteiger partial charge in [-0.2, -0.15) is 0 Å². The molecule has 2 fully saturated rings. The average Bonchev–Trinajstić information content (AvgIpc) is 2.79. The van der Waals surface area contributed by atoms with Crippen molar-refractivity contribution in [3.05, 3.63) is 59.9 Å². The van der Waals surface area contributed by atoms with Gasteiger partial charge in [0.15, 0.2) is 0 Å². The molecular weight excluding hydrogens is 391 g/mol. The number of piperidine rings is 1. The lowest BCUT2D eigenvalue weighted by Gasteiger charge is -2.37. The highest BCUT2D eigenvalue weighted by atomic mass is 19.1. The molecule has 4 rings (SSSR count). The lowest BCUT2D eigenvalue weighted by molar-refractivity contribution is -0.137. The highest BCUT2D eigenvalue weighted by molar-refractivity contribution is 5.83. The van der Waals surface area contributed by atoms with Crippen LogP contribution in [0.25, 0.3) is 11.1 Å². The lowest BCUT2D eigenvalue weighted by atomic mass is 9.74. The summed E-state index contributed by atoms with van der Waals surface area (Å²) in [6.07, 6.45) is 4.56. The summed E-state index contributed by atoms with van der Waals surface area (Å²) in [5.41, 5.74) is 2.73. The summed E-state index contributed by atoms with van der Waals surface area (Å²) < 4.78 is 18.9. The second-order valence-electron chi connectivity index (χ2n) is 9.26. The molecule has 166 valence electrons. The van der Waals surface area contributed by atoms with E-state index in [-0.39, 0.29) is 11.7 Å². The molecule has 0 unspecified atom stereocenters. The largest absolute Gasteiger partial charge is 0.381 e. The Hall–Kier alpha value is -2.24. The van der Waals surface area contributed by atoms with Gasteiger partial charge in [0.05, 0.1) is 5.41 Å². The molecule has 2 aromatic rings. The fourth-order valence-corrected chi connectivity index (χ4v) is 5.00. The van der Waals surface area contributed by atoms with Crippen molar-refractivity contribution < 1.29 is 13.9 Å². The zero-order valence-electron chi connectivity index (χ0n) is 18.4. The third-order valence-corrected chi connectivity index (χ3v) is 6.85. The molecule has 1 atom stereocenters. The summed E-state index contributed by atoms with van der Waals surface area (Å²) in [4.78, 5) is 15.8. The molecule has 0 bridgehead atoms. The number of hydrogen-bond donors (Lipinski definition) is 1. The van der Waals surface area contributed by atoms with E-state index in [1.807, 2.05) is 12.1 Å². The number of rotatable bonds is 6. The standard InChI is InChI=1S/C26H33FN2O2/c1-29-13-3-5-21(19-29)18-28-25(30)26(11-14-31-15-12-26)17-20-4-2-6-23(16-20)22-7-9-24(27)10-8-22/h2,4,6-10,16,21H,3,5,11-15,17-19H2,1H3,(H,28,30)/t21-/m0/s1. The van der Waals surface area contributed by atoms with Gasteiger partial charge in [-0.05, 0) is 80.4 Å². The topological polar surface area (TPSA) is 41.6 Å². The zero-order chi connectivity index (χ0) is 21.7. The Morgan fingerprint density at radius 3 is 2.68 bits per heavy atom. The van der Waals surface area contributed by atoms with E-state index in [9.17, 15) is 9.18 Å². The quantitative estimate of drug-likeness (QED) is 0.752. The van der Waals surface area contributed by atoms with Crippen LogP contribution in [0, 0.1) is 17.2 Å². The van der Waals surface area contributed by atoms with Crippen LogP contribution in [0.15, 0.2) is 48.5 Å². The first-order chi connectivity index (χ1) is 15.0. The van der Waals surface area contributed by atoms with Gasteiger partial charge in [-0.15, -0.1) is 0 Å². The van der Waals surface area contributed by atoms with Gasteiger partial charge in [-0.1, -0.05) is 36.4 Å². The normalized spacial score (nSPS) is 21.5. The Kier molecular flexibility index (Phi) is 7.03. The van der Waals surface area contributed by atoms with E-state index in [4.69, 9.17) is 4.74 Å². The van der Waals surface area contributed by atoms with Crippen molar-refractivity contribution in [1.29, 1.82) is 0 Å². The summed E-state index contributed by atoms with van der Waals surface area (Å²) in [6, 6.07) is 14.8. The van der Waals surface area contributed by atoms with Crippen LogP contribution in [-0.2, 0) is 16.0 Å². The molecule has 2 saturated heterocycles. The Morgan fingerprint density at radius 2 is 1.94 bits per heavy atom. The van der Waals surface area contributed by atoms with Crippen LogP contribution in [0.2, 0.25) is 0 Å². The molecule has 31 heavy (non-hydrogen) atoms. The number of benzene rings is 2. The first kappa shape index (κ1) is 22.0. The molecule has 2 aromatic carbocycles. The van der Waals surface area contributed by atoms with E-state index in [0.29, 0.717) is 25.6 Å². The van der Waals surface area contributed by atoms with E-state index in [2.05, 4.69) is 29.4 Å². The summed E-state index contributed by atoms with van der Waals surface area (Å²) in [5.74, 6) is 0.458. The second-order valence-corrected chi connectivity index (χ2v) is 9.26. The number of likely N-dealkylation sites (tertiary alicyclic amines) is 1. The predicted octanol–water partition coefficient (Wildman–Crippen LogP) is 4.29. The number of nitrogens with zero attached hydrogens (tertiary/aromatic N) is 1. The van der Waals surface area contributed by atoms with E-state index < -0.39 is 5.41 Å². The third kappa shape index (κ3) is 5.52. The Balaban J connectivity index is 1.48. The first-order valence-electron chi connectivity index (χ1n) is 11.4. The molecule has 0 spiro atoms. The molecule has 1 amide bonds. The summed E-state index contributed by atoms with van der Waals surface area (Å²) >= 11 is 0. The van der Waals surface area contributed by atoms with Gasteiger partial charge in [0.25, 0.3) is 0 Å². The van der Waals surface area contributed by atoms with Crippen molar-refractivity contribution >= 4 is 5.91 Å². The van der Waals surface area contributed by atoms with Crippen LogP contribution >= 0.6 is 0 Å². The number of carbonyl (C=O) groups excluding carboxylic acids is 1. The fourth-order valence-electron chi connectivity index (χ4n) is 5.00. The van der Waals surface area contributed by atoms with Crippen molar-refractivity contribution in [3.63, 3.8) is 0 Å². The van der Waals surface area contributed by atoms with Crippen molar-refractivity contribution in [3.8, 4) is 11.1 Å². The van der Waals surface area contributed by atoms with Gasteiger partial charge in [0.1, 0.15) is 5.82 Å². The lowest BCUT2D eigenvalue weighted by Crippen LogP contribution is -2.48. The van der Waals surface area contributed by atoms with Gasteiger partial charge in [-0.25, -0.2) is 4.39 Å². The number of hydrogen-bond acceptors (Lipinski definition) is 3. The second kappa shape index (κ2) is 9.92. The van der Waals surface area contributed by atoms with Gasteiger partial charge < -0.3 is 15.0 Å². The maximum atomic E-state index is 13.4. The smallest absolute Gasteiger partial charge is 0.226 e. The minimum absolute atomic E-state index is 0.163. The van der Waals surface area contributed by atoms with Crippen LogP contribution in [0.5, 0.6) is 0 Å². The predicted molar refractivity (Wildman–Crippen MR) is 121 cm³/mol. The summed E-state index contributed by atoms with van der Waals surface area (Å²) in [6.45, 7) is 4.20. The highest BCUT2D eigenvalue weighted by Gasteiger charge is 2.40. The van der Waals surface area contributed by atoms with Crippen LogP contribution in [0.4, 0.5) is 4.39 Å². The minimum Gasteiger partial charge on any atom is -0.381 e. The molecule has 0 aliphatic carbocycles. The van der Waals surface area contributed by atoms with Crippen molar-refractivity contribution in [2.75, 3.05) is 39.9 Å². The first-order valence-corrected chi connectivity index (χ1v) is 11.4. The Labute approximate surface area is 184 Å². The number of amides is 1. The van der Waals surface area contributed by atoms with Crippen LogP contribution < -0.4 is 5.32 Å². The summed E-state index contributed by atoms with van der Waals surface area (Å²) in [7, 11) is 2.15. The number of ether oxygens (including phenoxy) is 1. The Morgan fingerprint density at radius 1 is 1.16 bits per heavy atom. The van der Waals surface area contributed by atoms with Gasteiger partial charge >= 0.3 is 0 Å². The van der Waals surface area contributed by atoms with E-state index in [1.165, 1.54) is 25.0 Å². The van der Waals surface area contributed by atoms with Crippen LogP contribution in [0.1, 0.15) is 31.2 Å². The van der Waals surface area contributed by atoms with Crippen LogP contribution in [-0.4, -0.2) is 50.7 Å². The number of halogens is 1. The fraction of sp³-hybridized carbons (Fsp3) is 0.500. The zero-order valence-corrected chi connectivity index (χ0v) is 18.4. The molecular formula is C26H33FN2O2. The monoisotopic (exact) mass is 424 g/mol. The maximum Gasteiger partial charge on any atom is 0.226 e. The molecule has 5 heteroatoms. The molecule has 4 nitrogen and oxygen atoms in total. The van der Waals surface area contributed by atoms with Gasteiger partial charge in [0.2, 0.25) is 5.91 Å². The maximum absolute atomic E-state index is 13.4. The molecule has 1 N–H and O–H groups in total. The minimum atomic E-state index is -0.430. The molecule has 0 aromatic heterocycles. The average molecular weight is 425 g/mol. The molecule has 2 aliphatic rings. The molecule has 0 saturated carbocycles. The SMILES string of the molecule is CN1CCC[C@@H](CNC(=O)C2(Cc3cccc(-c4ccc(F)cc4)c3)CCOCC2)C1. The van der Waals surface area contributed by atoms with Gasteiger partial charge in [-0.3, -0.25) is 4.79 Å². The van der Waals surface area contributed by atoms with Gasteiger partial charge in [0, 0.05) is 26.3 Å².